The fourth-order valence-corrected chi connectivity index (χ4v) is 7.85. The van der Waals surface area contributed by atoms with Crippen LogP contribution in [0, 0.1) is 0 Å². The Bertz CT molecular complexity index is 1910. The topological polar surface area (TPSA) is 196 Å². The van der Waals surface area contributed by atoms with Crippen molar-refractivity contribution in [3.63, 3.8) is 0 Å². The van der Waals surface area contributed by atoms with Crippen LogP contribution in [0.1, 0.15) is 94.9 Å². The highest BCUT2D eigenvalue weighted by Gasteiger charge is 2.36. The molecule has 372 valence electrons. The van der Waals surface area contributed by atoms with Crippen LogP contribution in [0.15, 0.2) is 24.3 Å². The van der Waals surface area contributed by atoms with E-state index in [0.29, 0.717) is 46.7 Å². The van der Waals surface area contributed by atoms with E-state index in [4.69, 9.17) is 46.9 Å². The number of hydrogen-bond donors (Lipinski definition) is 3. The quantitative estimate of drug-likeness (QED) is 0.111. The lowest BCUT2D eigenvalue weighted by molar-refractivity contribution is 0.00751. The van der Waals surface area contributed by atoms with E-state index in [1.807, 2.05) is 53.4 Å². The Morgan fingerprint density at radius 2 is 1.18 bits per heavy atom. The average Bonchev–Trinajstić information content (AvgIpc) is 3.26. The van der Waals surface area contributed by atoms with Crippen LogP contribution in [0.2, 0.25) is 10.0 Å². The fraction of sp³-hybridized carbons (Fsp3) is 0.622. The Hall–Kier alpha value is -4.78. The summed E-state index contributed by atoms with van der Waals surface area (Å²) in [5.41, 5.74) is 0.0240. The summed E-state index contributed by atoms with van der Waals surface area (Å²) in [6, 6.07) is 6.05. The van der Waals surface area contributed by atoms with Crippen molar-refractivity contribution in [3.05, 3.63) is 45.4 Å². The lowest BCUT2D eigenvalue weighted by atomic mass is 10.0. The maximum absolute atomic E-state index is 13.8. The molecule has 5 amide bonds. The fourth-order valence-electron chi connectivity index (χ4n) is 7.38. The van der Waals surface area contributed by atoms with Gasteiger partial charge in [-0.2, -0.15) is 0 Å². The second kappa shape index (κ2) is 27.8. The zero-order valence-corrected chi connectivity index (χ0v) is 42.3. The maximum atomic E-state index is 13.8. The molecule has 2 aliphatic heterocycles. The number of methoxy groups -OCH3 is 4. The van der Waals surface area contributed by atoms with Crippen LogP contribution in [-0.4, -0.2) is 155 Å². The zero-order chi connectivity index (χ0) is 48.4. The van der Waals surface area contributed by atoms with E-state index in [2.05, 4.69) is 25.4 Å². The van der Waals surface area contributed by atoms with Gasteiger partial charge in [0.2, 0.25) is 0 Å². The van der Waals surface area contributed by atoms with Gasteiger partial charge < -0.3 is 63.8 Å². The predicted molar refractivity (Wildman–Crippen MR) is 254 cm³/mol. The molecule has 0 aliphatic carbocycles. The van der Waals surface area contributed by atoms with Gasteiger partial charge in [0, 0.05) is 49.9 Å². The third-order valence-electron chi connectivity index (χ3n) is 10.3. The first-order valence-electron chi connectivity index (χ1n) is 21.7. The molecule has 2 atom stereocenters. The number of carbonyl (C=O) groups excluding carboxylic acids is 5. The number of piperidine rings is 2. The number of amides is 5. The minimum absolute atomic E-state index is 0. The van der Waals surface area contributed by atoms with Crippen molar-refractivity contribution in [1.29, 1.82) is 0 Å². The van der Waals surface area contributed by atoms with Crippen molar-refractivity contribution in [3.8, 4) is 23.0 Å². The Morgan fingerprint density at radius 3 is 1.58 bits per heavy atom. The summed E-state index contributed by atoms with van der Waals surface area (Å²) < 4.78 is 36.8. The number of halogens is 3. The third kappa shape index (κ3) is 17.1. The molecule has 66 heavy (non-hydrogen) atoms. The Balaban J connectivity index is 0.000000457. The number of nitrogens with one attached hydrogen (secondary N) is 3. The van der Waals surface area contributed by atoms with Gasteiger partial charge in [-0.25, -0.2) is 14.4 Å². The summed E-state index contributed by atoms with van der Waals surface area (Å²) in [6.45, 7) is 16.8. The Morgan fingerprint density at radius 1 is 0.727 bits per heavy atom. The van der Waals surface area contributed by atoms with E-state index in [-0.39, 0.29) is 91.4 Å². The van der Waals surface area contributed by atoms with Gasteiger partial charge in [-0.15, -0.1) is 12.4 Å². The van der Waals surface area contributed by atoms with Crippen LogP contribution in [-0.2, 0) is 14.2 Å². The van der Waals surface area contributed by atoms with Crippen molar-refractivity contribution in [2.75, 3.05) is 80.9 Å². The summed E-state index contributed by atoms with van der Waals surface area (Å²) in [5, 5.41) is 8.94. The maximum Gasteiger partial charge on any atom is 0.410 e. The highest BCUT2D eigenvalue weighted by Crippen LogP contribution is 2.36. The lowest BCUT2D eigenvalue weighted by Crippen LogP contribution is -2.54. The van der Waals surface area contributed by atoms with Crippen LogP contribution >= 0.6 is 35.6 Å². The summed E-state index contributed by atoms with van der Waals surface area (Å²) in [5.74, 6) is 1.07. The van der Waals surface area contributed by atoms with E-state index < -0.39 is 17.8 Å². The molecule has 0 saturated carbocycles. The smallest absolute Gasteiger partial charge is 0.410 e. The molecule has 0 spiro atoms. The van der Waals surface area contributed by atoms with Gasteiger partial charge in [-0.05, 0) is 92.8 Å². The molecule has 18 nitrogen and oxygen atoms in total. The molecule has 2 aromatic carbocycles. The molecule has 2 saturated heterocycles. The number of rotatable bonds is 16. The number of hydrogen-bond acceptors (Lipinski definition) is 13. The molecule has 0 bridgehead atoms. The van der Waals surface area contributed by atoms with Gasteiger partial charge in [-0.3, -0.25) is 9.59 Å². The summed E-state index contributed by atoms with van der Waals surface area (Å²) in [6.07, 6.45) is 1.98. The predicted octanol–water partition coefficient (Wildman–Crippen LogP) is 7.44. The number of alkyl carbamates (subject to hydrolysis) is 2. The van der Waals surface area contributed by atoms with Gasteiger partial charge in [0.25, 0.3) is 11.8 Å². The second-order valence-electron chi connectivity index (χ2n) is 16.8. The molecular formula is C45H69Cl3N6O12. The van der Waals surface area contributed by atoms with Crippen LogP contribution in [0.3, 0.4) is 0 Å². The lowest BCUT2D eigenvalue weighted by Gasteiger charge is -2.41. The van der Waals surface area contributed by atoms with Gasteiger partial charge >= 0.3 is 18.3 Å². The van der Waals surface area contributed by atoms with Gasteiger partial charge in [0.05, 0.1) is 68.7 Å². The standard InChI is InChI=1S/C25H38ClN3O7.C20H30ClN3O5.ClH/c1-16(2)29(17-9-8-11-28(15-17)24(32)36-25(3,4)5)22(30)18-13-21(20(33-6)14-19(18)26)35-12-10-27-23(31)34-7;1-13(2)24(14-6-5-7-22-12-14)19(25)15-10-18(17(27-3)11-16(15)21)29-9-8-23-20(26)28-4;/h13-14,16-17H,8-12,15H2,1-7H3,(H,27,31);10-11,13-14,22H,5-9,12H2,1-4H3,(H,23,26);1H/t17-;14-;/m11./s1. The number of benzene rings is 2. The first-order valence-corrected chi connectivity index (χ1v) is 22.5. The van der Waals surface area contributed by atoms with Crippen LogP contribution in [0.25, 0.3) is 0 Å². The average molecular weight is 992 g/mol. The molecule has 0 unspecified atom stereocenters. The highest BCUT2D eigenvalue weighted by atomic mass is 35.5. The largest absolute Gasteiger partial charge is 0.493 e. The van der Waals surface area contributed by atoms with Crippen molar-refractivity contribution < 1.29 is 57.1 Å². The van der Waals surface area contributed by atoms with E-state index in [9.17, 15) is 24.0 Å². The Kier molecular flexibility index (Phi) is 24.1. The van der Waals surface area contributed by atoms with Gasteiger partial charge in [0.15, 0.2) is 23.0 Å². The van der Waals surface area contributed by atoms with Crippen LogP contribution in [0.5, 0.6) is 23.0 Å². The first-order chi connectivity index (χ1) is 30.8. The molecule has 0 aromatic heterocycles. The van der Waals surface area contributed by atoms with E-state index >= 15 is 0 Å². The summed E-state index contributed by atoms with van der Waals surface area (Å²) >= 11 is 12.9. The van der Waals surface area contributed by atoms with Crippen molar-refractivity contribution in [1.82, 2.24) is 30.7 Å². The van der Waals surface area contributed by atoms with Crippen molar-refractivity contribution in [2.45, 2.75) is 104 Å². The molecule has 4 rings (SSSR count). The molecule has 2 heterocycles. The van der Waals surface area contributed by atoms with Gasteiger partial charge in [-0.1, -0.05) is 23.2 Å². The highest BCUT2D eigenvalue weighted by molar-refractivity contribution is 6.34. The molecule has 2 fully saturated rings. The zero-order valence-electron chi connectivity index (χ0n) is 40.0. The number of likely N-dealkylation sites (tertiary alicyclic amines) is 1. The van der Waals surface area contributed by atoms with E-state index in [1.165, 1.54) is 34.5 Å². The molecule has 21 heteroatoms. The monoisotopic (exact) mass is 990 g/mol. The number of nitrogens with zero attached hydrogens (tertiary/aromatic N) is 3. The number of carbonyl (C=O) groups is 5. The first kappa shape index (κ1) is 57.3. The minimum atomic E-state index is -0.600. The summed E-state index contributed by atoms with van der Waals surface area (Å²) in [7, 11) is 5.54. The third-order valence-corrected chi connectivity index (χ3v) is 10.9. The minimum Gasteiger partial charge on any atom is -0.493 e. The molecule has 2 aliphatic rings. The van der Waals surface area contributed by atoms with Crippen LogP contribution in [0.4, 0.5) is 14.4 Å². The Labute approximate surface area is 405 Å². The molecule has 3 N–H and O–H groups in total. The van der Waals surface area contributed by atoms with E-state index in [1.54, 1.807) is 28.0 Å². The van der Waals surface area contributed by atoms with Gasteiger partial charge in [0.1, 0.15) is 18.8 Å². The summed E-state index contributed by atoms with van der Waals surface area (Å²) in [4.78, 5) is 67.4. The van der Waals surface area contributed by atoms with Crippen LogP contribution < -0.4 is 34.9 Å². The molecule has 0 radical (unpaired) electrons. The van der Waals surface area contributed by atoms with Crippen molar-refractivity contribution >= 4 is 65.7 Å². The SMILES string of the molecule is COC(=O)NCCOc1cc(C(=O)N(C(C)C)[C@@H]2CCCN(C(=O)OC(C)(C)C)C2)c(Cl)cc1OC.COC(=O)NCCOc1cc(C(=O)N(C(C)C)[C@@H]2CCCNC2)c(Cl)cc1OC.Cl. The molecular weight excluding hydrogens is 923 g/mol. The normalized spacial score (nSPS) is 15.8. The van der Waals surface area contributed by atoms with Crippen molar-refractivity contribution in [2.24, 2.45) is 0 Å². The second-order valence-corrected chi connectivity index (χ2v) is 17.6. The number of ether oxygens (including phenoxy) is 7. The molecule has 2 aromatic rings. The van der Waals surface area contributed by atoms with E-state index in [0.717, 1.165) is 38.8 Å².